The molecule has 4 unspecified atom stereocenters. The van der Waals surface area contributed by atoms with E-state index < -0.39 is 41.3 Å². The number of hydrogen-bond donors (Lipinski definition) is 1. The van der Waals surface area contributed by atoms with Crippen molar-refractivity contribution in [1.82, 2.24) is 14.5 Å². The fraction of sp³-hybridized carbons (Fsp3) is 0.688. The van der Waals surface area contributed by atoms with E-state index in [1.807, 2.05) is 0 Å². The number of aromatic amines is 1. The summed E-state index contributed by atoms with van der Waals surface area (Å²) in [5.74, 6) is -1.21. The smallest absolute Gasteiger partial charge is 0.336 e. The molecule has 1 aromatic rings. The number of aromatic nitrogens is 2. The van der Waals surface area contributed by atoms with Crippen molar-refractivity contribution in [1.29, 1.82) is 0 Å². The number of likely N-dealkylation sites (N-methyl/N-ethyl adjacent to an activating group) is 1. The van der Waals surface area contributed by atoms with E-state index in [0.717, 1.165) is 0 Å². The van der Waals surface area contributed by atoms with Gasteiger partial charge in [0.05, 0.1) is 18.3 Å². The third-order valence-corrected chi connectivity index (χ3v) is 4.75. The zero-order valence-corrected chi connectivity index (χ0v) is 15.2. The van der Waals surface area contributed by atoms with E-state index in [1.54, 1.807) is 19.0 Å². The van der Waals surface area contributed by atoms with Crippen LogP contribution in [0.4, 0.5) is 9.18 Å². The molecule has 1 heterocycles. The lowest BCUT2D eigenvalue weighted by molar-refractivity contribution is -0.150. The molecule has 1 aliphatic rings. The maximum Gasteiger partial charge on any atom is 0.336 e. The van der Waals surface area contributed by atoms with Crippen molar-refractivity contribution in [3.63, 3.8) is 0 Å². The summed E-state index contributed by atoms with van der Waals surface area (Å²) in [6.45, 7) is 1.99. The first-order chi connectivity index (χ1) is 12.4. The number of nitrogens with one attached hydrogen (secondary N) is 1. The number of H-pyrrole nitrogens is 1. The number of ether oxygens (including phenoxy) is 3. The molecule has 1 amide bonds. The summed E-state index contributed by atoms with van der Waals surface area (Å²) in [5.41, 5.74) is -2.17. The van der Waals surface area contributed by atoms with E-state index >= 15 is 0 Å². The first-order valence-corrected chi connectivity index (χ1v) is 8.30. The van der Waals surface area contributed by atoms with Crippen LogP contribution in [0, 0.1) is 5.82 Å². The first kappa shape index (κ1) is 20.3. The lowest BCUT2D eigenvalue weighted by Crippen LogP contribution is -2.60. The van der Waals surface area contributed by atoms with Gasteiger partial charge in [-0.2, -0.15) is 4.39 Å². The van der Waals surface area contributed by atoms with E-state index in [4.69, 9.17) is 14.2 Å². The van der Waals surface area contributed by atoms with Gasteiger partial charge in [-0.15, -0.1) is 0 Å². The van der Waals surface area contributed by atoms with Gasteiger partial charge in [0.2, 0.25) is 5.82 Å². The highest BCUT2D eigenvalue weighted by Gasteiger charge is 2.44. The number of methoxy groups -OCH3 is 3. The maximum atomic E-state index is 13.6. The predicted octanol–water partition coefficient (Wildman–Crippen LogP) is 0.173. The van der Waals surface area contributed by atoms with Crippen LogP contribution in [0.25, 0.3) is 0 Å². The van der Waals surface area contributed by atoms with Crippen LogP contribution in [-0.4, -0.2) is 72.7 Å². The Morgan fingerprint density at radius 1 is 1.23 bits per heavy atom. The summed E-state index contributed by atoms with van der Waals surface area (Å²) in [6, 6.07) is -1.15. The minimum atomic E-state index is -1.21. The summed E-state index contributed by atoms with van der Waals surface area (Å²) in [5, 5.41) is 0. The van der Waals surface area contributed by atoms with Crippen molar-refractivity contribution >= 4 is 6.03 Å². The van der Waals surface area contributed by atoms with Crippen LogP contribution in [-0.2, 0) is 14.2 Å². The second kappa shape index (κ2) is 8.56. The third kappa shape index (κ3) is 3.71. The highest BCUT2D eigenvalue weighted by Crippen LogP contribution is 2.29. The van der Waals surface area contributed by atoms with Gasteiger partial charge >= 0.3 is 11.7 Å². The fourth-order valence-electron chi connectivity index (χ4n) is 3.50. The van der Waals surface area contributed by atoms with Crippen molar-refractivity contribution in [3.05, 3.63) is 32.9 Å². The van der Waals surface area contributed by atoms with Gasteiger partial charge in [0.1, 0.15) is 12.2 Å². The summed E-state index contributed by atoms with van der Waals surface area (Å²) >= 11 is 0. The Bertz CT molecular complexity index is 748. The molecule has 0 radical (unpaired) electrons. The Kier molecular flexibility index (Phi) is 6.68. The Morgan fingerprint density at radius 3 is 2.42 bits per heavy atom. The minimum Gasteiger partial charge on any atom is -0.379 e. The van der Waals surface area contributed by atoms with Crippen molar-refractivity contribution < 1.29 is 23.4 Å². The Morgan fingerprint density at radius 2 is 1.88 bits per heavy atom. The van der Waals surface area contributed by atoms with E-state index in [1.165, 1.54) is 19.1 Å². The molecule has 1 N–H and O–H groups in total. The van der Waals surface area contributed by atoms with Crippen LogP contribution in [0.3, 0.4) is 0 Å². The number of rotatable bonds is 5. The molecule has 9 nitrogen and oxygen atoms in total. The predicted molar refractivity (Wildman–Crippen MR) is 89.9 cm³/mol. The van der Waals surface area contributed by atoms with E-state index in [0.29, 0.717) is 23.6 Å². The summed E-state index contributed by atoms with van der Waals surface area (Å²) in [6.07, 6.45) is 0.682. The van der Waals surface area contributed by atoms with Gasteiger partial charge in [-0.3, -0.25) is 9.78 Å². The lowest BCUT2D eigenvalue weighted by Gasteiger charge is -2.44. The number of hydrogen-bond acceptors (Lipinski definition) is 6. The summed E-state index contributed by atoms with van der Waals surface area (Å²) in [7, 11) is 4.62. The van der Waals surface area contributed by atoms with Gasteiger partial charge in [-0.25, -0.2) is 14.2 Å². The average molecular weight is 373 g/mol. The zero-order chi connectivity index (χ0) is 19.4. The second-order valence-corrected chi connectivity index (χ2v) is 5.99. The molecular formula is C16H24FN3O6. The average Bonchev–Trinajstić information content (AvgIpc) is 2.64. The number of amides is 1. The molecule has 0 saturated heterocycles. The second-order valence-electron chi connectivity index (χ2n) is 5.99. The minimum absolute atomic E-state index is 0.191. The molecule has 0 spiro atoms. The van der Waals surface area contributed by atoms with Crippen LogP contribution in [0.5, 0.6) is 0 Å². The molecule has 2 rings (SSSR count). The molecule has 0 bridgehead atoms. The van der Waals surface area contributed by atoms with E-state index in [9.17, 15) is 18.8 Å². The van der Waals surface area contributed by atoms with Gasteiger partial charge in [0, 0.05) is 27.9 Å². The SMILES string of the molecule is CCN(C(=O)n1cc(F)c(=O)[nH]c1=O)C1CCC(OC)C(OC)C1OC. The van der Waals surface area contributed by atoms with Crippen LogP contribution >= 0.6 is 0 Å². The first-order valence-electron chi connectivity index (χ1n) is 8.30. The van der Waals surface area contributed by atoms with Gasteiger partial charge in [-0.05, 0) is 19.8 Å². The normalized spacial score (nSPS) is 25.9. The monoisotopic (exact) mass is 373 g/mol. The zero-order valence-electron chi connectivity index (χ0n) is 15.2. The Hall–Kier alpha value is -2.04. The van der Waals surface area contributed by atoms with Crippen molar-refractivity contribution in [3.8, 4) is 0 Å². The Labute approximate surface area is 149 Å². The molecule has 1 aromatic heterocycles. The maximum absolute atomic E-state index is 13.6. The van der Waals surface area contributed by atoms with E-state index in [-0.39, 0.29) is 12.6 Å². The van der Waals surface area contributed by atoms with Crippen LogP contribution in [0.1, 0.15) is 19.8 Å². The fourth-order valence-corrected chi connectivity index (χ4v) is 3.50. The van der Waals surface area contributed by atoms with Crippen LogP contribution in [0.15, 0.2) is 15.8 Å². The van der Waals surface area contributed by atoms with Crippen molar-refractivity contribution in [2.75, 3.05) is 27.9 Å². The van der Waals surface area contributed by atoms with Gasteiger partial charge in [0.25, 0.3) is 5.56 Å². The van der Waals surface area contributed by atoms with Gasteiger partial charge < -0.3 is 19.1 Å². The lowest BCUT2D eigenvalue weighted by atomic mass is 9.86. The molecule has 1 saturated carbocycles. The molecular weight excluding hydrogens is 349 g/mol. The van der Waals surface area contributed by atoms with Gasteiger partial charge in [0.15, 0.2) is 0 Å². The molecule has 10 heteroatoms. The van der Waals surface area contributed by atoms with Crippen LogP contribution in [0.2, 0.25) is 0 Å². The largest absolute Gasteiger partial charge is 0.379 e. The number of halogens is 1. The molecule has 0 aromatic carbocycles. The van der Waals surface area contributed by atoms with Gasteiger partial charge in [-0.1, -0.05) is 0 Å². The molecule has 4 atom stereocenters. The van der Waals surface area contributed by atoms with Crippen molar-refractivity contribution in [2.45, 2.75) is 44.1 Å². The number of carbonyl (C=O) groups excluding carboxylic acids is 1. The highest BCUT2D eigenvalue weighted by molar-refractivity contribution is 5.77. The Balaban J connectivity index is 2.37. The molecule has 146 valence electrons. The number of carbonyl (C=O) groups is 1. The molecule has 1 aliphatic carbocycles. The molecule has 0 aliphatic heterocycles. The third-order valence-electron chi connectivity index (χ3n) is 4.75. The topological polar surface area (TPSA) is 103 Å². The summed E-state index contributed by atoms with van der Waals surface area (Å²) in [4.78, 5) is 39.1. The quantitative estimate of drug-likeness (QED) is 0.789. The van der Waals surface area contributed by atoms with Crippen LogP contribution < -0.4 is 11.2 Å². The van der Waals surface area contributed by atoms with Crippen molar-refractivity contribution in [2.24, 2.45) is 0 Å². The number of nitrogens with zero attached hydrogens (tertiary/aromatic N) is 2. The highest BCUT2D eigenvalue weighted by atomic mass is 19.1. The van der Waals surface area contributed by atoms with E-state index in [2.05, 4.69) is 0 Å². The summed E-state index contributed by atoms with van der Waals surface area (Å²) < 4.78 is 30.6. The standard InChI is InChI=1S/C16H24FN3O6/c1-5-19(16(23)20-8-9(17)14(21)18-15(20)22)10-6-7-11(24-2)13(26-4)12(10)25-3/h8,10-13H,5-7H2,1-4H3,(H,18,21,22). The molecule has 1 fully saturated rings. The molecule has 26 heavy (non-hydrogen) atoms.